The Hall–Kier alpha value is -1.89. The zero-order valence-corrected chi connectivity index (χ0v) is 16.5. The molecular weight excluding hydrogens is 388 g/mol. The molecule has 2 rings (SSSR count). The van der Waals surface area contributed by atoms with Crippen molar-refractivity contribution in [1.29, 1.82) is 0 Å². The lowest BCUT2D eigenvalue weighted by Crippen LogP contribution is -2.33. The number of halogens is 1. The van der Waals surface area contributed by atoms with Crippen LogP contribution >= 0.6 is 11.6 Å². The van der Waals surface area contributed by atoms with E-state index in [0.717, 1.165) is 11.1 Å². The number of carboxylic acid groups (broad SMARTS) is 1. The SMILES string of the molecule is O=C(O)C(CCCOCc1ccc(Cl)cc1)S(=O)(=O)CCc1ccccc1. The van der Waals surface area contributed by atoms with Crippen LogP contribution in [-0.4, -0.2) is 37.1 Å². The summed E-state index contributed by atoms with van der Waals surface area (Å²) in [5, 5.41) is 8.57. The van der Waals surface area contributed by atoms with Crippen LogP contribution < -0.4 is 0 Å². The first-order valence-corrected chi connectivity index (χ1v) is 10.8. The average Bonchev–Trinajstić information content (AvgIpc) is 2.65. The second-order valence-corrected chi connectivity index (χ2v) is 8.99. The van der Waals surface area contributed by atoms with Gasteiger partial charge in [0, 0.05) is 11.6 Å². The van der Waals surface area contributed by atoms with Crippen LogP contribution in [0, 0.1) is 0 Å². The molecule has 1 N–H and O–H groups in total. The van der Waals surface area contributed by atoms with E-state index in [1.54, 1.807) is 12.1 Å². The van der Waals surface area contributed by atoms with Gasteiger partial charge in [-0.1, -0.05) is 54.1 Å². The van der Waals surface area contributed by atoms with E-state index in [4.69, 9.17) is 16.3 Å². The first-order chi connectivity index (χ1) is 12.9. The molecule has 0 saturated heterocycles. The summed E-state index contributed by atoms with van der Waals surface area (Å²) in [6, 6.07) is 16.4. The third kappa shape index (κ3) is 7.33. The molecule has 0 aliphatic rings. The Bertz CT molecular complexity index is 819. The topological polar surface area (TPSA) is 80.7 Å². The number of hydrogen-bond donors (Lipinski definition) is 1. The highest BCUT2D eigenvalue weighted by Gasteiger charge is 2.31. The Kier molecular flexibility index (Phi) is 8.28. The van der Waals surface area contributed by atoms with E-state index in [2.05, 4.69) is 0 Å². The van der Waals surface area contributed by atoms with Crippen LogP contribution in [0.25, 0.3) is 0 Å². The number of sulfone groups is 1. The number of hydrogen-bond acceptors (Lipinski definition) is 4. The molecule has 0 bridgehead atoms. The Morgan fingerprint density at radius 2 is 1.70 bits per heavy atom. The van der Waals surface area contributed by atoms with Crippen molar-refractivity contribution in [1.82, 2.24) is 0 Å². The molecule has 0 aromatic heterocycles. The maximum atomic E-state index is 12.4. The maximum Gasteiger partial charge on any atom is 0.321 e. The predicted octanol–water partition coefficient (Wildman–Crippen LogP) is 3.75. The van der Waals surface area contributed by atoms with Crippen molar-refractivity contribution in [2.24, 2.45) is 0 Å². The second-order valence-electron chi connectivity index (χ2n) is 6.25. The standard InChI is InChI=1S/C20H23ClO5S/c21-18-10-8-17(9-11-18)15-26-13-4-7-19(20(22)23)27(24,25)14-12-16-5-2-1-3-6-16/h1-3,5-6,8-11,19H,4,7,12-15H2,(H,22,23). The molecule has 27 heavy (non-hydrogen) atoms. The van der Waals surface area contributed by atoms with Gasteiger partial charge in [-0.15, -0.1) is 0 Å². The molecule has 0 fully saturated rings. The van der Waals surface area contributed by atoms with Gasteiger partial charge in [-0.2, -0.15) is 0 Å². The molecule has 5 nitrogen and oxygen atoms in total. The van der Waals surface area contributed by atoms with E-state index in [9.17, 15) is 18.3 Å². The van der Waals surface area contributed by atoms with E-state index in [1.807, 2.05) is 42.5 Å². The number of benzene rings is 2. The maximum absolute atomic E-state index is 12.4. The van der Waals surface area contributed by atoms with Crippen molar-refractivity contribution in [3.05, 3.63) is 70.7 Å². The highest BCUT2D eigenvalue weighted by molar-refractivity contribution is 7.92. The van der Waals surface area contributed by atoms with Crippen LogP contribution in [0.5, 0.6) is 0 Å². The van der Waals surface area contributed by atoms with Gasteiger partial charge < -0.3 is 9.84 Å². The summed E-state index contributed by atoms with van der Waals surface area (Å²) < 4.78 is 30.4. The van der Waals surface area contributed by atoms with Crippen LogP contribution in [0.3, 0.4) is 0 Å². The van der Waals surface area contributed by atoms with Gasteiger partial charge in [-0.3, -0.25) is 4.79 Å². The average molecular weight is 411 g/mol. The van der Waals surface area contributed by atoms with Crippen molar-refractivity contribution >= 4 is 27.4 Å². The third-order valence-electron chi connectivity index (χ3n) is 4.16. The molecule has 2 aromatic rings. The van der Waals surface area contributed by atoms with Crippen molar-refractivity contribution in [3.63, 3.8) is 0 Å². The van der Waals surface area contributed by atoms with Gasteiger partial charge in [-0.25, -0.2) is 8.42 Å². The van der Waals surface area contributed by atoms with Crippen LogP contribution in [0.2, 0.25) is 5.02 Å². The van der Waals surface area contributed by atoms with E-state index >= 15 is 0 Å². The number of carboxylic acids is 1. The Balaban J connectivity index is 1.79. The summed E-state index contributed by atoms with van der Waals surface area (Å²) in [6.07, 6.45) is 0.697. The zero-order valence-electron chi connectivity index (χ0n) is 14.9. The summed E-state index contributed by atoms with van der Waals surface area (Å²) >= 11 is 5.81. The largest absolute Gasteiger partial charge is 0.480 e. The molecule has 0 saturated carbocycles. The lowest BCUT2D eigenvalue weighted by molar-refractivity contribution is -0.136. The smallest absolute Gasteiger partial charge is 0.321 e. The second kappa shape index (κ2) is 10.4. The van der Waals surface area contributed by atoms with Crippen molar-refractivity contribution in [3.8, 4) is 0 Å². The van der Waals surface area contributed by atoms with Crippen molar-refractivity contribution in [2.75, 3.05) is 12.4 Å². The number of carbonyl (C=O) groups is 1. The zero-order chi connectivity index (χ0) is 19.7. The lowest BCUT2D eigenvalue weighted by atomic mass is 10.2. The highest BCUT2D eigenvalue weighted by atomic mass is 35.5. The molecule has 2 aromatic carbocycles. The summed E-state index contributed by atoms with van der Waals surface area (Å²) in [5.74, 6) is -1.49. The molecule has 0 heterocycles. The Morgan fingerprint density at radius 3 is 2.33 bits per heavy atom. The number of aryl methyl sites for hydroxylation is 1. The number of rotatable bonds is 11. The normalized spacial score (nSPS) is 12.6. The molecule has 0 amide bonds. The molecule has 1 atom stereocenters. The summed E-state index contributed by atoms with van der Waals surface area (Å²) in [4.78, 5) is 11.4. The number of aliphatic carboxylic acids is 1. The minimum absolute atomic E-state index is 0.0348. The van der Waals surface area contributed by atoms with Gasteiger partial charge in [-0.05, 0) is 42.5 Å². The van der Waals surface area contributed by atoms with Gasteiger partial charge in [0.05, 0.1) is 12.4 Å². The van der Waals surface area contributed by atoms with Crippen LogP contribution in [0.1, 0.15) is 24.0 Å². The van der Waals surface area contributed by atoms with Crippen LogP contribution in [0.4, 0.5) is 0 Å². The van der Waals surface area contributed by atoms with E-state index in [1.165, 1.54) is 0 Å². The molecule has 7 heteroatoms. The molecule has 0 radical (unpaired) electrons. The minimum Gasteiger partial charge on any atom is -0.480 e. The molecule has 0 aliphatic heterocycles. The fourth-order valence-corrected chi connectivity index (χ4v) is 4.41. The van der Waals surface area contributed by atoms with E-state index in [0.29, 0.717) is 31.1 Å². The predicted molar refractivity (Wildman–Crippen MR) is 106 cm³/mol. The van der Waals surface area contributed by atoms with Gasteiger partial charge in [0.15, 0.2) is 15.1 Å². The Morgan fingerprint density at radius 1 is 1.04 bits per heavy atom. The van der Waals surface area contributed by atoms with E-state index in [-0.39, 0.29) is 12.2 Å². The van der Waals surface area contributed by atoms with Crippen molar-refractivity contribution < 1.29 is 23.1 Å². The van der Waals surface area contributed by atoms with Gasteiger partial charge >= 0.3 is 5.97 Å². The summed E-state index contributed by atoms with van der Waals surface area (Å²) in [6.45, 7) is 0.663. The molecule has 0 spiro atoms. The summed E-state index contributed by atoms with van der Waals surface area (Å²) in [5.41, 5.74) is 1.82. The molecular formula is C20H23ClO5S. The first kappa shape index (κ1) is 21.4. The van der Waals surface area contributed by atoms with Gasteiger partial charge in [0.25, 0.3) is 0 Å². The lowest BCUT2D eigenvalue weighted by Gasteiger charge is -2.14. The fraction of sp³-hybridized carbons (Fsp3) is 0.350. The quantitative estimate of drug-likeness (QED) is 0.570. The molecule has 1 unspecified atom stereocenters. The Labute approximate surface area is 164 Å². The van der Waals surface area contributed by atoms with E-state index < -0.39 is 21.1 Å². The van der Waals surface area contributed by atoms with Gasteiger partial charge in [0.2, 0.25) is 0 Å². The first-order valence-electron chi connectivity index (χ1n) is 8.69. The van der Waals surface area contributed by atoms with Crippen LogP contribution in [-0.2, 0) is 32.4 Å². The summed E-state index contributed by atoms with van der Waals surface area (Å²) in [7, 11) is -3.73. The highest BCUT2D eigenvalue weighted by Crippen LogP contribution is 2.14. The molecule has 0 aliphatic carbocycles. The number of ether oxygens (including phenoxy) is 1. The fourth-order valence-electron chi connectivity index (χ4n) is 2.65. The van der Waals surface area contributed by atoms with Crippen molar-refractivity contribution in [2.45, 2.75) is 31.1 Å². The third-order valence-corrected chi connectivity index (χ3v) is 6.49. The van der Waals surface area contributed by atoms with Gasteiger partial charge in [0.1, 0.15) is 0 Å². The van der Waals surface area contributed by atoms with Crippen LogP contribution in [0.15, 0.2) is 54.6 Å². The monoisotopic (exact) mass is 410 g/mol. The minimum atomic E-state index is -3.73. The molecule has 146 valence electrons.